The number of hydrogen-bond acceptors (Lipinski definition) is 3. The van der Waals surface area contributed by atoms with Crippen molar-refractivity contribution in [2.24, 2.45) is 0 Å². The van der Waals surface area contributed by atoms with Crippen LogP contribution in [-0.2, 0) is 16.0 Å². The van der Waals surface area contributed by atoms with Gasteiger partial charge in [0, 0.05) is 11.7 Å². The van der Waals surface area contributed by atoms with Crippen LogP contribution < -0.4 is 10.2 Å². The number of fused-ring (bicyclic) bond motifs is 1. The average molecular weight is 271 g/mol. The Bertz CT molecular complexity index is 577. The second-order valence-electron chi connectivity index (χ2n) is 5.01. The molecule has 1 aromatic rings. The molecule has 2 unspecified atom stereocenters. The predicted octanol–water partition coefficient (Wildman–Crippen LogP) is 1.38. The second-order valence-corrected chi connectivity index (χ2v) is 5.01. The molecule has 0 bridgehead atoms. The predicted molar refractivity (Wildman–Crippen MR) is 74.9 cm³/mol. The second kappa shape index (κ2) is 5.74. The van der Waals surface area contributed by atoms with Crippen LogP contribution in [0.4, 0.5) is 5.69 Å². The topological polar surface area (TPSA) is 73.2 Å². The minimum atomic E-state index is -0.635. The van der Waals surface area contributed by atoms with Gasteiger partial charge in [-0.15, -0.1) is 0 Å². The molecule has 0 radical (unpaired) electrons. The zero-order chi connectivity index (χ0) is 14.7. The van der Waals surface area contributed by atoms with Gasteiger partial charge in [0.2, 0.25) is 11.8 Å². The largest absolute Gasteiger partial charge is 0.344 e. The van der Waals surface area contributed by atoms with Crippen LogP contribution in [0.25, 0.3) is 0 Å². The van der Waals surface area contributed by atoms with Crippen LogP contribution in [0.1, 0.15) is 25.8 Å². The fourth-order valence-corrected chi connectivity index (χ4v) is 2.54. The van der Waals surface area contributed by atoms with Crippen LogP contribution in [0.2, 0.25) is 0 Å². The van der Waals surface area contributed by atoms with Crippen molar-refractivity contribution in [1.82, 2.24) is 5.32 Å². The molecule has 1 N–H and O–H groups in total. The summed E-state index contributed by atoms with van der Waals surface area (Å²) in [6.45, 7) is 3.63. The maximum Gasteiger partial charge on any atom is 0.249 e. The highest BCUT2D eigenvalue weighted by Gasteiger charge is 2.33. The molecule has 0 spiro atoms. The van der Waals surface area contributed by atoms with E-state index >= 15 is 0 Å². The van der Waals surface area contributed by atoms with Gasteiger partial charge < -0.3 is 10.2 Å². The number of amides is 2. The molecule has 5 heteroatoms. The van der Waals surface area contributed by atoms with E-state index in [-0.39, 0.29) is 18.4 Å². The number of benzene rings is 1. The zero-order valence-electron chi connectivity index (χ0n) is 11.6. The fraction of sp³-hybridized carbons (Fsp3) is 0.400. The molecule has 2 rings (SSSR count). The third-order valence-corrected chi connectivity index (χ3v) is 3.43. The van der Waals surface area contributed by atoms with E-state index < -0.39 is 11.9 Å². The summed E-state index contributed by atoms with van der Waals surface area (Å²) in [6.07, 6.45) is 0.588. The van der Waals surface area contributed by atoms with Crippen LogP contribution in [0.3, 0.4) is 0 Å². The summed E-state index contributed by atoms with van der Waals surface area (Å²) >= 11 is 0. The van der Waals surface area contributed by atoms with Gasteiger partial charge in [-0.1, -0.05) is 18.2 Å². The molecule has 0 saturated carbocycles. The number of anilines is 1. The number of nitrogens with one attached hydrogen (secondary N) is 1. The molecule has 104 valence electrons. The van der Waals surface area contributed by atoms with Gasteiger partial charge in [0.25, 0.3) is 0 Å². The van der Waals surface area contributed by atoms with E-state index in [9.17, 15) is 9.59 Å². The Morgan fingerprint density at radius 2 is 2.20 bits per heavy atom. The lowest BCUT2D eigenvalue weighted by Gasteiger charge is -2.26. The first-order valence-corrected chi connectivity index (χ1v) is 6.62. The minimum Gasteiger partial charge on any atom is -0.344 e. The van der Waals surface area contributed by atoms with Gasteiger partial charge in [-0.3, -0.25) is 9.59 Å². The maximum atomic E-state index is 12.5. The molecule has 0 saturated heterocycles. The van der Waals surface area contributed by atoms with Gasteiger partial charge in [-0.25, -0.2) is 0 Å². The van der Waals surface area contributed by atoms with Crippen molar-refractivity contribution in [2.75, 3.05) is 4.90 Å². The van der Waals surface area contributed by atoms with Gasteiger partial charge in [0.15, 0.2) is 0 Å². The van der Waals surface area contributed by atoms with Crippen molar-refractivity contribution < 1.29 is 9.59 Å². The Morgan fingerprint density at radius 1 is 1.50 bits per heavy atom. The van der Waals surface area contributed by atoms with Crippen LogP contribution in [0.5, 0.6) is 0 Å². The molecule has 20 heavy (non-hydrogen) atoms. The number of hydrogen-bond donors (Lipinski definition) is 1. The summed E-state index contributed by atoms with van der Waals surface area (Å²) in [4.78, 5) is 25.6. The van der Waals surface area contributed by atoms with Crippen molar-refractivity contribution in [3.8, 4) is 6.07 Å². The van der Waals surface area contributed by atoms with Crippen molar-refractivity contribution in [3.63, 3.8) is 0 Å². The van der Waals surface area contributed by atoms with Crippen molar-refractivity contribution in [2.45, 2.75) is 38.8 Å². The summed E-state index contributed by atoms with van der Waals surface area (Å²) in [6, 6.07) is 9.00. The lowest BCUT2D eigenvalue weighted by molar-refractivity contribution is -0.126. The Morgan fingerprint density at radius 3 is 2.90 bits per heavy atom. The summed E-state index contributed by atoms with van der Waals surface area (Å²) in [5.41, 5.74) is 2.05. The Labute approximate surface area is 118 Å². The molecule has 2 amide bonds. The van der Waals surface area contributed by atoms with Crippen LogP contribution >= 0.6 is 0 Å². The summed E-state index contributed by atoms with van der Waals surface area (Å²) < 4.78 is 0. The molecule has 0 aliphatic carbocycles. The molecule has 5 nitrogen and oxygen atoms in total. The molecule has 1 aliphatic rings. The van der Waals surface area contributed by atoms with Crippen LogP contribution in [-0.4, -0.2) is 23.9 Å². The number of nitrogens with zero attached hydrogens (tertiary/aromatic N) is 2. The van der Waals surface area contributed by atoms with Gasteiger partial charge in [-0.05, 0) is 31.9 Å². The van der Waals surface area contributed by atoms with E-state index in [0.717, 1.165) is 17.7 Å². The minimum absolute atomic E-state index is 0.0789. The fourth-order valence-electron chi connectivity index (χ4n) is 2.54. The van der Waals surface area contributed by atoms with Gasteiger partial charge in [0.05, 0.1) is 6.07 Å². The van der Waals surface area contributed by atoms with E-state index in [1.54, 1.807) is 17.9 Å². The van der Waals surface area contributed by atoms with E-state index in [1.807, 2.05) is 31.2 Å². The highest BCUT2D eigenvalue weighted by Crippen LogP contribution is 2.32. The third kappa shape index (κ3) is 2.64. The molecule has 1 heterocycles. The highest BCUT2D eigenvalue weighted by molar-refractivity contribution is 6.01. The zero-order valence-corrected chi connectivity index (χ0v) is 11.6. The lowest BCUT2D eigenvalue weighted by Crippen LogP contribution is -2.48. The number of carbonyl (C=O) groups is 2. The molecule has 0 aromatic heterocycles. The standard InChI is InChI=1S/C15H17N3O2/c1-10-9-12-5-3-4-6-13(12)18(10)15(20)11(2)17-14(19)7-8-16/h3-6,10-11H,7,9H2,1-2H3,(H,17,19). The molecule has 1 aromatic carbocycles. The number of para-hydroxylation sites is 1. The quantitative estimate of drug-likeness (QED) is 0.902. The third-order valence-electron chi connectivity index (χ3n) is 3.43. The molecule has 2 atom stereocenters. The van der Waals surface area contributed by atoms with Crippen LogP contribution in [0.15, 0.2) is 24.3 Å². The van der Waals surface area contributed by atoms with Crippen molar-refractivity contribution >= 4 is 17.5 Å². The monoisotopic (exact) mass is 271 g/mol. The maximum absolute atomic E-state index is 12.5. The van der Waals surface area contributed by atoms with Crippen LogP contribution in [0, 0.1) is 11.3 Å². The summed E-state index contributed by atoms with van der Waals surface area (Å²) in [5.74, 6) is -0.567. The lowest BCUT2D eigenvalue weighted by atomic mass is 10.1. The Balaban J connectivity index is 2.13. The molecular formula is C15H17N3O2. The number of rotatable bonds is 3. The van der Waals surface area contributed by atoms with E-state index in [0.29, 0.717) is 0 Å². The van der Waals surface area contributed by atoms with E-state index in [1.165, 1.54) is 0 Å². The van der Waals surface area contributed by atoms with E-state index in [2.05, 4.69) is 5.32 Å². The summed E-state index contributed by atoms with van der Waals surface area (Å²) in [7, 11) is 0. The first kappa shape index (κ1) is 14.1. The first-order valence-electron chi connectivity index (χ1n) is 6.62. The average Bonchev–Trinajstić information content (AvgIpc) is 2.73. The Hall–Kier alpha value is -2.35. The van der Waals surface area contributed by atoms with Gasteiger partial charge in [-0.2, -0.15) is 5.26 Å². The van der Waals surface area contributed by atoms with Gasteiger partial charge in [0.1, 0.15) is 12.5 Å². The van der Waals surface area contributed by atoms with Crippen molar-refractivity contribution in [3.05, 3.63) is 29.8 Å². The Kier molecular flexibility index (Phi) is 4.04. The van der Waals surface area contributed by atoms with Gasteiger partial charge >= 0.3 is 0 Å². The SMILES string of the molecule is CC(NC(=O)CC#N)C(=O)N1c2ccccc2CC1C. The number of carbonyl (C=O) groups excluding carboxylic acids is 2. The number of nitriles is 1. The smallest absolute Gasteiger partial charge is 0.249 e. The first-order chi connectivity index (χ1) is 9.54. The summed E-state index contributed by atoms with van der Waals surface area (Å²) in [5, 5.41) is 11.0. The highest BCUT2D eigenvalue weighted by atomic mass is 16.2. The molecule has 1 aliphatic heterocycles. The van der Waals surface area contributed by atoms with E-state index in [4.69, 9.17) is 5.26 Å². The van der Waals surface area contributed by atoms with Crippen molar-refractivity contribution in [1.29, 1.82) is 5.26 Å². The molecule has 0 fully saturated rings. The molecular weight excluding hydrogens is 254 g/mol. The normalized spacial score (nSPS) is 18.1.